The van der Waals surface area contributed by atoms with Crippen LogP contribution in [0.3, 0.4) is 0 Å². The van der Waals surface area contributed by atoms with Gasteiger partial charge in [0.1, 0.15) is 5.60 Å². The lowest BCUT2D eigenvalue weighted by Crippen LogP contribution is -2.44. The predicted octanol–water partition coefficient (Wildman–Crippen LogP) is 2.19. The molecule has 0 saturated heterocycles. The van der Waals surface area contributed by atoms with E-state index >= 15 is 0 Å². The number of rotatable bonds is 7. The molecule has 0 aliphatic carbocycles. The number of aliphatic imine (C=N–C) groups is 1. The normalized spacial score (nSPS) is 13.4. The smallest absolute Gasteiger partial charge is 0.191 e. The topological polar surface area (TPSA) is 92.3 Å². The predicted molar refractivity (Wildman–Crippen MR) is 125 cm³/mol. The molecule has 0 aliphatic heterocycles. The van der Waals surface area contributed by atoms with E-state index < -0.39 is 5.60 Å². The first kappa shape index (κ1) is 22.9. The third-order valence-corrected chi connectivity index (χ3v) is 4.45. The van der Waals surface area contributed by atoms with Crippen molar-refractivity contribution < 1.29 is 5.11 Å². The van der Waals surface area contributed by atoms with Crippen molar-refractivity contribution in [1.82, 2.24) is 30.0 Å². The zero-order chi connectivity index (χ0) is 20.0. The van der Waals surface area contributed by atoms with Gasteiger partial charge in [0.05, 0.1) is 31.3 Å². The van der Waals surface area contributed by atoms with Crippen molar-refractivity contribution in [2.45, 2.75) is 26.0 Å². The fourth-order valence-electron chi connectivity index (χ4n) is 2.86. The van der Waals surface area contributed by atoms with Crippen LogP contribution in [0.2, 0.25) is 0 Å². The zero-order valence-corrected chi connectivity index (χ0v) is 19.2. The number of para-hydroxylation sites is 1. The number of aryl methyl sites for hydroxylation is 1. The summed E-state index contributed by atoms with van der Waals surface area (Å²) in [6.45, 7) is 5.31. The molecule has 1 unspecified atom stereocenters. The van der Waals surface area contributed by atoms with Gasteiger partial charge in [0.25, 0.3) is 0 Å². The summed E-state index contributed by atoms with van der Waals surface area (Å²) in [4.78, 5) is 8.80. The van der Waals surface area contributed by atoms with E-state index in [4.69, 9.17) is 0 Å². The van der Waals surface area contributed by atoms with Crippen LogP contribution < -0.4 is 10.6 Å². The lowest BCUT2D eigenvalue weighted by atomic mass is 10.00. The first-order valence-corrected chi connectivity index (χ1v) is 9.29. The lowest BCUT2D eigenvalue weighted by molar-refractivity contribution is 0.0616. The van der Waals surface area contributed by atoms with E-state index in [0.29, 0.717) is 19.0 Å². The average molecular weight is 509 g/mol. The molecule has 0 fully saturated rings. The van der Waals surface area contributed by atoms with E-state index in [1.54, 1.807) is 30.3 Å². The van der Waals surface area contributed by atoms with E-state index in [-0.39, 0.29) is 24.0 Å². The second-order valence-electron chi connectivity index (χ2n) is 6.82. The Labute approximate surface area is 188 Å². The number of benzene rings is 1. The highest BCUT2D eigenvalue weighted by Crippen LogP contribution is 2.18. The van der Waals surface area contributed by atoms with Gasteiger partial charge in [-0.05, 0) is 25.5 Å². The minimum absolute atomic E-state index is 0. The van der Waals surface area contributed by atoms with Gasteiger partial charge in [-0.2, -0.15) is 5.10 Å². The first-order valence-electron chi connectivity index (χ1n) is 9.29. The summed E-state index contributed by atoms with van der Waals surface area (Å²) in [7, 11) is 1.83. The highest BCUT2D eigenvalue weighted by molar-refractivity contribution is 14.0. The molecule has 0 radical (unpaired) electrons. The summed E-state index contributed by atoms with van der Waals surface area (Å²) in [6.07, 6.45) is 8.93. The van der Waals surface area contributed by atoms with Crippen molar-refractivity contribution in [3.8, 4) is 5.69 Å². The first-order chi connectivity index (χ1) is 13.5. The number of hydrogen-bond acceptors (Lipinski definition) is 4. The minimum Gasteiger partial charge on any atom is -0.383 e. The van der Waals surface area contributed by atoms with Crippen molar-refractivity contribution in [1.29, 1.82) is 0 Å². The van der Waals surface area contributed by atoms with Crippen LogP contribution in [0.15, 0.2) is 60.4 Å². The minimum atomic E-state index is -1.06. The molecule has 9 heteroatoms. The Bertz CT molecular complexity index is 919. The van der Waals surface area contributed by atoms with Crippen LogP contribution in [0.5, 0.6) is 0 Å². The van der Waals surface area contributed by atoms with Gasteiger partial charge in [-0.25, -0.2) is 9.98 Å². The highest BCUT2D eigenvalue weighted by Gasteiger charge is 2.25. The van der Waals surface area contributed by atoms with Gasteiger partial charge < -0.3 is 20.3 Å². The Morgan fingerprint density at radius 2 is 2.07 bits per heavy atom. The highest BCUT2D eigenvalue weighted by atomic mass is 127. The summed E-state index contributed by atoms with van der Waals surface area (Å²) in [6, 6.07) is 8.09. The number of guanidine groups is 1. The molecule has 0 amide bonds. The third-order valence-electron chi connectivity index (χ3n) is 4.45. The molecule has 0 saturated carbocycles. The molecular weight excluding hydrogens is 481 g/mol. The molecule has 0 bridgehead atoms. The monoisotopic (exact) mass is 509 g/mol. The summed E-state index contributed by atoms with van der Waals surface area (Å²) in [5.74, 6) is 0.645. The van der Waals surface area contributed by atoms with Crippen molar-refractivity contribution in [3.63, 3.8) is 0 Å². The van der Waals surface area contributed by atoms with Gasteiger partial charge in [-0.15, -0.1) is 24.0 Å². The number of imidazole rings is 1. The molecule has 1 atom stereocenters. The molecule has 29 heavy (non-hydrogen) atoms. The molecule has 0 aliphatic rings. The zero-order valence-electron chi connectivity index (χ0n) is 16.9. The summed E-state index contributed by atoms with van der Waals surface area (Å²) >= 11 is 0. The van der Waals surface area contributed by atoms with Gasteiger partial charge in [-0.1, -0.05) is 18.2 Å². The molecule has 2 aromatic heterocycles. The SMILES string of the molecule is CCNC(=NCc1ccccc1-n1ccnc1)NCC(C)(O)c1cnn(C)c1.I. The second-order valence-corrected chi connectivity index (χ2v) is 6.82. The number of aliphatic hydroxyl groups is 1. The van der Waals surface area contributed by atoms with E-state index in [1.807, 2.05) is 55.2 Å². The molecule has 8 nitrogen and oxygen atoms in total. The second kappa shape index (κ2) is 10.4. The standard InChI is InChI=1S/C20H27N7O.HI/c1-4-22-19(24-14-20(2,28)17-12-25-26(3)13-17)23-11-16-7-5-6-8-18(16)27-10-9-21-15-27;/h5-10,12-13,15,28H,4,11,14H2,1-3H3,(H2,22,23,24);1H. The van der Waals surface area contributed by atoms with Crippen LogP contribution in [-0.4, -0.2) is 43.5 Å². The Hall–Kier alpha value is -2.40. The molecule has 3 aromatic rings. The summed E-state index contributed by atoms with van der Waals surface area (Å²) < 4.78 is 3.65. The molecule has 1 aromatic carbocycles. The van der Waals surface area contributed by atoms with Gasteiger partial charge in [0.15, 0.2) is 5.96 Å². The Morgan fingerprint density at radius 3 is 2.72 bits per heavy atom. The quantitative estimate of drug-likeness (QED) is 0.258. The van der Waals surface area contributed by atoms with E-state index in [2.05, 4.69) is 25.7 Å². The Kier molecular flexibility index (Phi) is 8.21. The number of nitrogens with zero attached hydrogens (tertiary/aromatic N) is 5. The van der Waals surface area contributed by atoms with Gasteiger partial charge >= 0.3 is 0 Å². The molecule has 2 heterocycles. The number of aromatic nitrogens is 4. The van der Waals surface area contributed by atoms with Gasteiger partial charge in [0.2, 0.25) is 0 Å². The maximum absolute atomic E-state index is 10.8. The molecule has 156 valence electrons. The summed E-state index contributed by atoms with van der Waals surface area (Å²) in [5, 5.41) is 21.3. The molecule has 3 N–H and O–H groups in total. The Morgan fingerprint density at radius 1 is 1.28 bits per heavy atom. The fourth-order valence-corrected chi connectivity index (χ4v) is 2.86. The van der Waals surface area contributed by atoms with E-state index in [0.717, 1.165) is 23.4 Å². The van der Waals surface area contributed by atoms with Gasteiger partial charge in [-0.3, -0.25) is 4.68 Å². The van der Waals surface area contributed by atoms with Crippen LogP contribution in [0.4, 0.5) is 0 Å². The van der Waals surface area contributed by atoms with Crippen LogP contribution in [0.25, 0.3) is 5.69 Å². The van der Waals surface area contributed by atoms with E-state index in [9.17, 15) is 5.11 Å². The fraction of sp³-hybridized carbons (Fsp3) is 0.350. The number of hydrogen-bond donors (Lipinski definition) is 3. The van der Waals surface area contributed by atoms with Crippen LogP contribution >= 0.6 is 24.0 Å². The molecule has 3 rings (SSSR count). The average Bonchev–Trinajstić information content (AvgIpc) is 3.36. The Balaban J connectivity index is 0.00000300. The van der Waals surface area contributed by atoms with Crippen LogP contribution in [-0.2, 0) is 19.2 Å². The van der Waals surface area contributed by atoms with Crippen molar-refractivity contribution >= 4 is 29.9 Å². The third kappa shape index (κ3) is 6.04. The van der Waals surface area contributed by atoms with Crippen molar-refractivity contribution in [2.24, 2.45) is 12.0 Å². The largest absolute Gasteiger partial charge is 0.383 e. The molecule has 0 spiro atoms. The van der Waals surface area contributed by atoms with Crippen molar-refractivity contribution in [3.05, 3.63) is 66.5 Å². The maximum atomic E-state index is 10.8. The number of halogens is 1. The lowest BCUT2D eigenvalue weighted by Gasteiger charge is -2.23. The van der Waals surface area contributed by atoms with Gasteiger partial charge in [0, 0.05) is 37.7 Å². The number of nitrogens with one attached hydrogen (secondary N) is 2. The van der Waals surface area contributed by atoms with Crippen LogP contribution in [0.1, 0.15) is 25.0 Å². The van der Waals surface area contributed by atoms with Crippen LogP contribution in [0, 0.1) is 0 Å². The van der Waals surface area contributed by atoms with E-state index in [1.165, 1.54) is 0 Å². The molecular formula is C20H28IN7O. The van der Waals surface area contributed by atoms with Crippen molar-refractivity contribution in [2.75, 3.05) is 13.1 Å². The summed E-state index contributed by atoms with van der Waals surface area (Å²) in [5.41, 5.74) is 1.82. The maximum Gasteiger partial charge on any atom is 0.191 e.